The molecule has 8 heteroatoms. The standard InChI is InChI=1S/C23H31BrN2O4S/c1-23(2,3)18-7-13-21(14-8-18)30-17-15-25-22(27)6-5-16-26(31(4,28)29)20-11-9-19(24)10-12-20/h7-14H,5-6,15-17H2,1-4H3,(H,25,27). The Morgan fingerprint density at radius 3 is 2.23 bits per heavy atom. The molecule has 0 saturated carbocycles. The summed E-state index contributed by atoms with van der Waals surface area (Å²) in [6.07, 6.45) is 1.83. The number of carbonyl (C=O) groups excluding carboxylic acids is 1. The van der Waals surface area contributed by atoms with Crippen molar-refractivity contribution in [2.75, 3.05) is 30.3 Å². The average Bonchev–Trinajstić information content (AvgIpc) is 2.68. The molecule has 2 aromatic rings. The second-order valence-electron chi connectivity index (χ2n) is 8.39. The van der Waals surface area contributed by atoms with E-state index in [-0.39, 0.29) is 24.3 Å². The van der Waals surface area contributed by atoms with Crippen LogP contribution in [0.4, 0.5) is 5.69 Å². The zero-order valence-corrected chi connectivity index (χ0v) is 20.9. The van der Waals surface area contributed by atoms with Crippen LogP contribution in [0.15, 0.2) is 53.0 Å². The Bertz CT molecular complexity index is 953. The van der Waals surface area contributed by atoms with Gasteiger partial charge in [-0.15, -0.1) is 0 Å². The Morgan fingerprint density at radius 2 is 1.68 bits per heavy atom. The number of rotatable bonds is 10. The van der Waals surface area contributed by atoms with E-state index in [0.29, 0.717) is 25.3 Å². The predicted octanol–water partition coefficient (Wildman–Crippen LogP) is 4.49. The molecule has 0 aliphatic carbocycles. The fraction of sp³-hybridized carbons (Fsp3) is 0.435. The molecule has 0 fully saturated rings. The van der Waals surface area contributed by atoms with Gasteiger partial charge in [-0.25, -0.2) is 8.42 Å². The minimum absolute atomic E-state index is 0.0938. The normalized spacial score (nSPS) is 11.8. The molecule has 0 aliphatic heterocycles. The van der Waals surface area contributed by atoms with Crippen LogP contribution in [-0.4, -0.2) is 40.3 Å². The summed E-state index contributed by atoms with van der Waals surface area (Å²) in [5.41, 5.74) is 1.91. The fourth-order valence-electron chi connectivity index (χ4n) is 2.98. The van der Waals surface area contributed by atoms with Gasteiger partial charge in [-0.05, 0) is 53.8 Å². The number of carbonyl (C=O) groups is 1. The maximum absolute atomic E-state index is 12.1. The molecule has 0 unspecified atom stereocenters. The molecular weight excluding hydrogens is 480 g/mol. The third-order valence-corrected chi connectivity index (χ3v) is 6.42. The number of hydrogen-bond acceptors (Lipinski definition) is 4. The van der Waals surface area contributed by atoms with Crippen LogP contribution in [0.5, 0.6) is 5.75 Å². The van der Waals surface area contributed by atoms with Crippen molar-refractivity contribution >= 4 is 37.5 Å². The molecule has 0 aromatic heterocycles. The first-order valence-corrected chi connectivity index (χ1v) is 12.8. The summed E-state index contributed by atoms with van der Waals surface area (Å²) >= 11 is 3.34. The van der Waals surface area contributed by atoms with Crippen LogP contribution in [0.25, 0.3) is 0 Å². The second-order valence-corrected chi connectivity index (χ2v) is 11.2. The van der Waals surface area contributed by atoms with Gasteiger partial charge in [-0.3, -0.25) is 9.10 Å². The quantitative estimate of drug-likeness (QED) is 0.477. The van der Waals surface area contributed by atoms with Gasteiger partial charge in [0, 0.05) is 17.4 Å². The average molecular weight is 511 g/mol. The van der Waals surface area contributed by atoms with E-state index in [1.54, 1.807) is 24.3 Å². The lowest BCUT2D eigenvalue weighted by molar-refractivity contribution is -0.121. The molecule has 2 rings (SSSR count). The van der Waals surface area contributed by atoms with Gasteiger partial charge in [-0.1, -0.05) is 48.8 Å². The molecule has 6 nitrogen and oxygen atoms in total. The monoisotopic (exact) mass is 510 g/mol. The number of halogens is 1. The first-order chi connectivity index (χ1) is 14.5. The Labute approximate surface area is 194 Å². The molecule has 0 heterocycles. The van der Waals surface area contributed by atoms with Crippen molar-refractivity contribution < 1.29 is 17.9 Å². The van der Waals surface area contributed by atoms with Gasteiger partial charge in [0.25, 0.3) is 0 Å². The Hall–Kier alpha value is -2.06. The van der Waals surface area contributed by atoms with Crippen LogP contribution < -0.4 is 14.4 Å². The van der Waals surface area contributed by atoms with E-state index in [0.717, 1.165) is 10.2 Å². The molecule has 0 saturated heterocycles. The summed E-state index contributed by atoms with van der Waals surface area (Å²) in [5.74, 6) is 0.636. The van der Waals surface area contributed by atoms with Crippen LogP contribution in [0.2, 0.25) is 0 Å². The Morgan fingerprint density at radius 1 is 1.06 bits per heavy atom. The van der Waals surface area contributed by atoms with Gasteiger partial charge in [-0.2, -0.15) is 0 Å². The molecule has 0 spiro atoms. The van der Waals surface area contributed by atoms with Crippen LogP contribution in [0.3, 0.4) is 0 Å². The van der Waals surface area contributed by atoms with Crippen LogP contribution in [0.1, 0.15) is 39.2 Å². The van der Waals surface area contributed by atoms with E-state index in [4.69, 9.17) is 4.74 Å². The molecule has 0 bridgehead atoms. The van der Waals surface area contributed by atoms with Gasteiger partial charge in [0.05, 0.1) is 18.5 Å². The molecule has 31 heavy (non-hydrogen) atoms. The molecule has 2 aromatic carbocycles. The van der Waals surface area contributed by atoms with Crippen molar-refractivity contribution in [2.24, 2.45) is 0 Å². The van der Waals surface area contributed by atoms with E-state index >= 15 is 0 Å². The lowest BCUT2D eigenvalue weighted by Gasteiger charge is -2.22. The van der Waals surface area contributed by atoms with E-state index in [2.05, 4.69) is 42.0 Å². The highest BCUT2D eigenvalue weighted by molar-refractivity contribution is 9.10. The van der Waals surface area contributed by atoms with Crippen molar-refractivity contribution in [3.05, 3.63) is 58.6 Å². The first-order valence-electron chi connectivity index (χ1n) is 10.2. The minimum Gasteiger partial charge on any atom is -0.492 e. The summed E-state index contributed by atoms with van der Waals surface area (Å²) in [7, 11) is -3.43. The minimum atomic E-state index is -3.43. The lowest BCUT2D eigenvalue weighted by atomic mass is 9.87. The maximum atomic E-state index is 12.1. The number of sulfonamides is 1. The number of anilines is 1. The number of ether oxygens (including phenoxy) is 1. The molecule has 170 valence electrons. The van der Waals surface area contributed by atoms with Crippen molar-refractivity contribution in [3.63, 3.8) is 0 Å². The van der Waals surface area contributed by atoms with Crippen LogP contribution in [0, 0.1) is 0 Å². The Balaban J connectivity index is 1.73. The van der Waals surface area contributed by atoms with E-state index in [1.165, 1.54) is 16.1 Å². The number of nitrogens with zero attached hydrogens (tertiary/aromatic N) is 1. The van der Waals surface area contributed by atoms with Crippen molar-refractivity contribution in [1.29, 1.82) is 0 Å². The highest BCUT2D eigenvalue weighted by atomic mass is 79.9. The number of benzene rings is 2. The third kappa shape index (κ3) is 8.53. The summed E-state index contributed by atoms with van der Waals surface area (Å²) in [6.45, 7) is 7.48. The number of amides is 1. The van der Waals surface area contributed by atoms with Crippen molar-refractivity contribution in [3.8, 4) is 5.75 Å². The van der Waals surface area contributed by atoms with Gasteiger partial charge in [0.15, 0.2) is 0 Å². The number of nitrogens with one attached hydrogen (secondary N) is 1. The molecule has 0 radical (unpaired) electrons. The first kappa shape index (κ1) is 25.2. The Kier molecular flexibility index (Phi) is 8.94. The molecule has 0 aliphatic rings. The summed E-state index contributed by atoms with van der Waals surface area (Å²) in [6, 6.07) is 15.0. The van der Waals surface area contributed by atoms with Crippen molar-refractivity contribution in [1.82, 2.24) is 5.32 Å². The topological polar surface area (TPSA) is 75.7 Å². The van der Waals surface area contributed by atoms with E-state index < -0.39 is 10.0 Å². The summed E-state index contributed by atoms with van der Waals surface area (Å²) < 4.78 is 32.1. The van der Waals surface area contributed by atoms with Crippen molar-refractivity contribution in [2.45, 2.75) is 39.0 Å². The third-order valence-electron chi connectivity index (χ3n) is 4.69. The van der Waals surface area contributed by atoms with Crippen LogP contribution >= 0.6 is 15.9 Å². The van der Waals surface area contributed by atoms with Gasteiger partial charge < -0.3 is 10.1 Å². The predicted molar refractivity (Wildman–Crippen MR) is 129 cm³/mol. The largest absolute Gasteiger partial charge is 0.492 e. The van der Waals surface area contributed by atoms with Gasteiger partial charge >= 0.3 is 0 Å². The molecule has 0 atom stereocenters. The summed E-state index contributed by atoms with van der Waals surface area (Å²) in [4.78, 5) is 12.1. The fourth-order valence-corrected chi connectivity index (χ4v) is 4.21. The summed E-state index contributed by atoms with van der Waals surface area (Å²) in [5, 5.41) is 2.81. The SMILES string of the molecule is CC(C)(C)c1ccc(OCCNC(=O)CCCN(c2ccc(Br)cc2)S(C)(=O)=O)cc1. The van der Waals surface area contributed by atoms with Crippen LogP contribution in [-0.2, 0) is 20.2 Å². The lowest BCUT2D eigenvalue weighted by Crippen LogP contribution is -2.32. The molecular formula is C23H31BrN2O4S. The molecule has 1 amide bonds. The maximum Gasteiger partial charge on any atom is 0.232 e. The van der Waals surface area contributed by atoms with Gasteiger partial charge in [0.1, 0.15) is 12.4 Å². The van der Waals surface area contributed by atoms with E-state index in [9.17, 15) is 13.2 Å². The number of hydrogen-bond donors (Lipinski definition) is 1. The zero-order chi connectivity index (χ0) is 23.1. The zero-order valence-electron chi connectivity index (χ0n) is 18.5. The smallest absolute Gasteiger partial charge is 0.232 e. The highest BCUT2D eigenvalue weighted by Crippen LogP contribution is 2.24. The highest BCUT2D eigenvalue weighted by Gasteiger charge is 2.17. The molecule has 1 N–H and O–H groups in total. The van der Waals surface area contributed by atoms with E-state index in [1.807, 2.05) is 24.3 Å². The van der Waals surface area contributed by atoms with Gasteiger partial charge in [0.2, 0.25) is 15.9 Å². The second kappa shape index (κ2) is 11.0.